The third-order valence-corrected chi connectivity index (χ3v) is 4.08. The molecule has 0 bridgehead atoms. The van der Waals surface area contributed by atoms with E-state index in [0.29, 0.717) is 5.95 Å². The number of benzene rings is 1. The molecule has 0 amide bonds. The monoisotopic (exact) mass is 309 g/mol. The highest BCUT2D eigenvalue weighted by Gasteiger charge is 2.06. The van der Waals surface area contributed by atoms with Crippen LogP contribution in [0.1, 0.15) is 19.4 Å². The molecule has 120 valence electrons. The van der Waals surface area contributed by atoms with Crippen molar-refractivity contribution in [2.24, 2.45) is 0 Å². The predicted octanol–water partition coefficient (Wildman–Crippen LogP) is 3.46. The standard InChI is InChI=1S/C18H23N5/c1-3-23(4-2)17-10-12-20-18(22-17)19-11-9-14-13-21-16-8-6-5-7-15(14)16/h5-8,10,12-13,21H,3-4,9,11H2,1-2H3,(H,19,20,22). The number of aromatic nitrogens is 3. The zero-order valence-electron chi connectivity index (χ0n) is 13.7. The van der Waals surface area contributed by atoms with Crippen LogP contribution in [0.15, 0.2) is 42.7 Å². The van der Waals surface area contributed by atoms with Crippen molar-refractivity contribution in [3.05, 3.63) is 48.3 Å². The number of hydrogen-bond acceptors (Lipinski definition) is 4. The molecule has 5 nitrogen and oxygen atoms in total. The summed E-state index contributed by atoms with van der Waals surface area (Å²) in [6.07, 6.45) is 4.83. The Morgan fingerprint density at radius 2 is 1.96 bits per heavy atom. The fourth-order valence-corrected chi connectivity index (χ4v) is 2.81. The molecule has 0 aliphatic carbocycles. The molecule has 0 aliphatic heterocycles. The molecule has 1 aromatic carbocycles. The topological polar surface area (TPSA) is 56.8 Å². The maximum Gasteiger partial charge on any atom is 0.224 e. The van der Waals surface area contributed by atoms with Crippen molar-refractivity contribution in [3.8, 4) is 0 Å². The van der Waals surface area contributed by atoms with Gasteiger partial charge in [-0.05, 0) is 38.0 Å². The van der Waals surface area contributed by atoms with Gasteiger partial charge in [0.25, 0.3) is 0 Å². The molecule has 0 unspecified atom stereocenters. The van der Waals surface area contributed by atoms with Crippen LogP contribution in [0.2, 0.25) is 0 Å². The molecule has 23 heavy (non-hydrogen) atoms. The second kappa shape index (κ2) is 7.13. The van der Waals surface area contributed by atoms with Crippen LogP contribution in [0, 0.1) is 0 Å². The summed E-state index contributed by atoms with van der Waals surface area (Å²) in [4.78, 5) is 14.4. The predicted molar refractivity (Wildman–Crippen MR) is 96.1 cm³/mol. The lowest BCUT2D eigenvalue weighted by Gasteiger charge is -2.19. The van der Waals surface area contributed by atoms with Gasteiger partial charge in [-0.25, -0.2) is 4.98 Å². The van der Waals surface area contributed by atoms with Crippen LogP contribution < -0.4 is 10.2 Å². The Balaban J connectivity index is 1.63. The minimum absolute atomic E-state index is 0.689. The van der Waals surface area contributed by atoms with Crippen molar-refractivity contribution in [2.45, 2.75) is 20.3 Å². The number of aromatic amines is 1. The molecular weight excluding hydrogens is 286 g/mol. The first-order valence-corrected chi connectivity index (χ1v) is 8.18. The van der Waals surface area contributed by atoms with Crippen LogP contribution in [0.3, 0.4) is 0 Å². The van der Waals surface area contributed by atoms with Gasteiger partial charge in [-0.15, -0.1) is 0 Å². The summed E-state index contributed by atoms with van der Waals surface area (Å²) in [6.45, 7) is 6.97. The van der Waals surface area contributed by atoms with Crippen LogP contribution in [0.5, 0.6) is 0 Å². The van der Waals surface area contributed by atoms with Gasteiger partial charge in [0.05, 0.1) is 0 Å². The van der Waals surface area contributed by atoms with E-state index in [1.165, 1.54) is 16.5 Å². The van der Waals surface area contributed by atoms with Gasteiger partial charge < -0.3 is 15.2 Å². The van der Waals surface area contributed by atoms with Crippen molar-refractivity contribution in [2.75, 3.05) is 29.9 Å². The Morgan fingerprint density at radius 3 is 2.78 bits per heavy atom. The third-order valence-electron chi connectivity index (χ3n) is 4.08. The maximum atomic E-state index is 4.59. The van der Waals surface area contributed by atoms with Gasteiger partial charge in [0, 0.05) is 42.9 Å². The van der Waals surface area contributed by atoms with Crippen LogP contribution in [-0.4, -0.2) is 34.6 Å². The highest BCUT2D eigenvalue weighted by atomic mass is 15.2. The summed E-state index contributed by atoms with van der Waals surface area (Å²) >= 11 is 0. The minimum Gasteiger partial charge on any atom is -0.361 e. The van der Waals surface area contributed by atoms with Crippen molar-refractivity contribution < 1.29 is 0 Å². The Bertz CT molecular complexity index is 761. The summed E-state index contributed by atoms with van der Waals surface area (Å²) in [5.41, 5.74) is 2.50. The first-order valence-electron chi connectivity index (χ1n) is 8.18. The van der Waals surface area contributed by atoms with E-state index in [-0.39, 0.29) is 0 Å². The van der Waals surface area contributed by atoms with Crippen molar-refractivity contribution in [1.29, 1.82) is 0 Å². The van der Waals surface area contributed by atoms with Gasteiger partial charge >= 0.3 is 0 Å². The number of nitrogens with one attached hydrogen (secondary N) is 2. The Labute approximate surface area is 136 Å². The summed E-state index contributed by atoms with van der Waals surface area (Å²) in [5.74, 6) is 1.66. The molecule has 0 saturated carbocycles. The summed E-state index contributed by atoms with van der Waals surface area (Å²) in [5, 5.41) is 4.61. The number of rotatable bonds is 7. The lowest BCUT2D eigenvalue weighted by Crippen LogP contribution is -2.23. The Hall–Kier alpha value is -2.56. The average molecular weight is 309 g/mol. The fourth-order valence-electron chi connectivity index (χ4n) is 2.81. The zero-order chi connectivity index (χ0) is 16.1. The number of hydrogen-bond donors (Lipinski definition) is 2. The van der Waals surface area contributed by atoms with E-state index in [4.69, 9.17) is 0 Å². The SMILES string of the molecule is CCN(CC)c1ccnc(NCCc2c[nH]c3ccccc23)n1. The molecule has 0 aliphatic rings. The third kappa shape index (κ3) is 3.44. The van der Waals surface area contributed by atoms with Crippen LogP contribution in [0.25, 0.3) is 10.9 Å². The normalized spacial score (nSPS) is 10.9. The summed E-state index contributed by atoms with van der Waals surface area (Å²) in [7, 11) is 0. The first-order chi connectivity index (χ1) is 11.3. The number of nitrogens with zero attached hydrogens (tertiary/aromatic N) is 3. The lowest BCUT2D eigenvalue weighted by molar-refractivity contribution is 0.840. The van der Waals surface area contributed by atoms with Gasteiger partial charge in [0.1, 0.15) is 5.82 Å². The number of fused-ring (bicyclic) bond motifs is 1. The molecule has 2 aromatic heterocycles. The van der Waals surface area contributed by atoms with Gasteiger partial charge in [0.2, 0.25) is 5.95 Å². The highest BCUT2D eigenvalue weighted by molar-refractivity contribution is 5.83. The molecular formula is C18H23N5. The largest absolute Gasteiger partial charge is 0.361 e. The van der Waals surface area contributed by atoms with Crippen molar-refractivity contribution >= 4 is 22.7 Å². The second-order valence-electron chi connectivity index (χ2n) is 5.45. The quantitative estimate of drug-likeness (QED) is 0.702. The number of para-hydroxylation sites is 1. The van der Waals surface area contributed by atoms with E-state index in [0.717, 1.165) is 31.9 Å². The van der Waals surface area contributed by atoms with Crippen LogP contribution in [0.4, 0.5) is 11.8 Å². The zero-order valence-corrected chi connectivity index (χ0v) is 13.7. The molecule has 0 saturated heterocycles. The smallest absolute Gasteiger partial charge is 0.224 e. The van der Waals surface area contributed by atoms with E-state index in [9.17, 15) is 0 Å². The van der Waals surface area contributed by atoms with Crippen LogP contribution in [-0.2, 0) is 6.42 Å². The Morgan fingerprint density at radius 1 is 1.13 bits per heavy atom. The molecule has 0 atom stereocenters. The fraction of sp³-hybridized carbons (Fsp3) is 0.333. The maximum absolute atomic E-state index is 4.59. The number of H-pyrrole nitrogens is 1. The first kappa shape index (κ1) is 15.3. The molecule has 0 spiro atoms. The Kier molecular flexibility index (Phi) is 4.76. The van der Waals surface area contributed by atoms with Gasteiger partial charge in [-0.1, -0.05) is 18.2 Å². The summed E-state index contributed by atoms with van der Waals surface area (Å²) < 4.78 is 0. The van der Waals surface area contributed by atoms with E-state index < -0.39 is 0 Å². The van der Waals surface area contributed by atoms with E-state index in [2.05, 4.69) is 63.4 Å². The minimum atomic E-state index is 0.689. The molecule has 0 radical (unpaired) electrons. The van der Waals surface area contributed by atoms with E-state index in [1.54, 1.807) is 0 Å². The van der Waals surface area contributed by atoms with E-state index >= 15 is 0 Å². The van der Waals surface area contributed by atoms with E-state index in [1.807, 2.05) is 18.3 Å². The number of anilines is 2. The second-order valence-corrected chi connectivity index (χ2v) is 5.45. The molecule has 2 heterocycles. The molecule has 3 rings (SSSR count). The molecule has 2 N–H and O–H groups in total. The van der Waals surface area contributed by atoms with Crippen molar-refractivity contribution in [1.82, 2.24) is 15.0 Å². The van der Waals surface area contributed by atoms with Crippen molar-refractivity contribution in [3.63, 3.8) is 0 Å². The van der Waals surface area contributed by atoms with Gasteiger partial charge in [0.15, 0.2) is 0 Å². The average Bonchev–Trinajstić information content (AvgIpc) is 3.00. The molecule has 5 heteroatoms. The highest BCUT2D eigenvalue weighted by Crippen LogP contribution is 2.18. The summed E-state index contributed by atoms with van der Waals surface area (Å²) in [6, 6.07) is 10.3. The van der Waals surface area contributed by atoms with Crippen LogP contribution >= 0.6 is 0 Å². The lowest BCUT2D eigenvalue weighted by atomic mass is 10.1. The van der Waals surface area contributed by atoms with Gasteiger partial charge in [-0.2, -0.15) is 4.98 Å². The molecule has 3 aromatic rings. The van der Waals surface area contributed by atoms with Gasteiger partial charge in [-0.3, -0.25) is 0 Å². The molecule has 0 fully saturated rings.